The lowest BCUT2D eigenvalue weighted by molar-refractivity contribution is -0.0726. The number of aliphatic hydroxyl groups excluding tert-OH is 1. The number of rotatable bonds is 4. The smallest absolute Gasteiger partial charge is 0.271 e. The summed E-state index contributed by atoms with van der Waals surface area (Å²) in [6.45, 7) is 4.89. The Balaban J connectivity index is 1.34. The van der Waals surface area contributed by atoms with Gasteiger partial charge < -0.3 is 20.1 Å². The molecule has 3 saturated heterocycles. The molecule has 0 saturated carbocycles. The lowest BCUT2D eigenvalue weighted by Crippen LogP contribution is -2.52. The summed E-state index contributed by atoms with van der Waals surface area (Å²) in [6.07, 6.45) is 1.04. The molecule has 4 atom stereocenters. The minimum Gasteiger partial charge on any atom is -0.396 e. The number of likely N-dealkylation sites (tertiary alicyclic amines) is 1. The highest BCUT2D eigenvalue weighted by Gasteiger charge is 2.61. The molecule has 3 aliphatic heterocycles. The molecule has 5 rings (SSSR count). The number of aromatic nitrogens is 2. The van der Waals surface area contributed by atoms with Gasteiger partial charge in [0.25, 0.3) is 5.91 Å². The Morgan fingerprint density at radius 2 is 2.21 bits per heavy atom. The van der Waals surface area contributed by atoms with E-state index in [9.17, 15) is 9.90 Å². The summed E-state index contributed by atoms with van der Waals surface area (Å²) in [7, 11) is 0. The van der Waals surface area contributed by atoms with Crippen LogP contribution in [0.5, 0.6) is 0 Å². The number of nitrogens with one attached hydrogen (secondary N) is 2. The molecular weight excluding hydrogens is 356 g/mol. The van der Waals surface area contributed by atoms with Gasteiger partial charge in [-0.1, -0.05) is 31.2 Å². The number of amides is 1. The fraction of sp³-hybridized carbons (Fsp3) is 0.524. The fourth-order valence-corrected chi connectivity index (χ4v) is 5.11. The summed E-state index contributed by atoms with van der Waals surface area (Å²) < 4.78 is 6.28. The van der Waals surface area contributed by atoms with Crippen LogP contribution in [0, 0.1) is 11.8 Å². The highest BCUT2D eigenvalue weighted by Crippen LogP contribution is 2.47. The van der Waals surface area contributed by atoms with Crippen LogP contribution >= 0.6 is 0 Å². The number of ether oxygens (including phenoxy) is 1. The van der Waals surface area contributed by atoms with Crippen LogP contribution in [0.4, 0.5) is 0 Å². The van der Waals surface area contributed by atoms with Crippen LogP contribution in [0.2, 0.25) is 0 Å². The number of benzene rings is 1. The van der Waals surface area contributed by atoms with E-state index in [0.717, 1.165) is 30.8 Å². The number of carbonyl (C=O) groups is 1. The molecule has 2 aromatic rings. The number of morpholine rings is 1. The summed E-state index contributed by atoms with van der Waals surface area (Å²) in [6, 6.07) is 10.1. The van der Waals surface area contributed by atoms with Gasteiger partial charge in [-0.15, -0.1) is 0 Å². The second kappa shape index (κ2) is 6.69. The normalized spacial score (nSPS) is 31.2. The van der Waals surface area contributed by atoms with E-state index < -0.39 is 0 Å². The molecule has 7 heteroatoms. The fourth-order valence-electron chi connectivity index (χ4n) is 5.11. The Morgan fingerprint density at radius 1 is 1.39 bits per heavy atom. The average molecular weight is 382 g/mol. The second-order valence-electron chi connectivity index (χ2n) is 8.21. The number of H-pyrrole nitrogens is 1. The van der Waals surface area contributed by atoms with E-state index in [1.165, 1.54) is 5.56 Å². The third-order valence-electron chi connectivity index (χ3n) is 6.67. The minimum atomic E-state index is -0.370. The molecule has 1 aromatic heterocycles. The van der Waals surface area contributed by atoms with E-state index in [1.54, 1.807) is 0 Å². The standard InChI is InChI=1S/C21H26N4O3/c1-2-13-3-5-14(6-4-13)17-7-18(24-23-17)20(27)25-9-16-15(10-26)19-8-22-11-21(16,12-25)28-19/h3-7,15-16,19,22,26H,2,8-12H2,1H3,(H,23,24)/t15-,16+,19+,21+/m0/s1. The monoisotopic (exact) mass is 382 g/mol. The summed E-state index contributed by atoms with van der Waals surface area (Å²) in [4.78, 5) is 14.9. The van der Waals surface area contributed by atoms with Crippen LogP contribution in [0.3, 0.4) is 0 Å². The lowest BCUT2D eigenvalue weighted by atomic mass is 9.83. The Hall–Kier alpha value is -2.22. The highest BCUT2D eigenvalue weighted by atomic mass is 16.5. The molecule has 7 nitrogen and oxygen atoms in total. The van der Waals surface area contributed by atoms with Crippen molar-refractivity contribution in [3.63, 3.8) is 0 Å². The minimum absolute atomic E-state index is 0.0471. The second-order valence-corrected chi connectivity index (χ2v) is 8.21. The number of hydrogen-bond donors (Lipinski definition) is 3. The topological polar surface area (TPSA) is 90.5 Å². The lowest BCUT2D eigenvalue weighted by Gasteiger charge is -2.33. The first-order valence-electron chi connectivity index (χ1n) is 10.1. The van der Waals surface area contributed by atoms with Gasteiger partial charge in [0, 0.05) is 43.6 Å². The quantitative estimate of drug-likeness (QED) is 0.736. The average Bonchev–Trinajstić information content (AvgIpc) is 3.39. The van der Waals surface area contributed by atoms with Crippen LogP contribution in [0.1, 0.15) is 23.0 Å². The molecule has 148 valence electrons. The third-order valence-corrected chi connectivity index (χ3v) is 6.67. The van der Waals surface area contributed by atoms with Crippen LogP contribution in [-0.4, -0.2) is 70.6 Å². The molecule has 0 radical (unpaired) electrons. The zero-order chi connectivity index (χ0) is 19.3. The van der Waals surface area contributed by atoms with Crippen molar-refractivity contribution in [3.8, 4) is 11.3 Å². The maximum atomic E-state index is 13.1. The molecule has 4 heterocycles. The predicted octanol–water partition coefficient (Wildman–Crippen LogP) is 1.06. The van der Waals surface area contributed by atoms with Gasteiger partial charge >= 0.3 is 0 Å². The van der Waals surface area contributed by atoms with Crippen molar-refractivity contribution >= 4 is 5.91 Å². The molecule has 1 aromatic carbocycles. The Labute approximate surface area is 164 Å². The molecule has 0 aliphatic carbocycles. The van der Waals surface area contributed by atoms with E-state index in [4.69, 9.17) is 4.74 Å². The molecule has 1 spiro atoms. The molecule has 28 heavy (non-hydrogen) atoms. The number of nitrogens with zero attached hydrogens (tertiary/aromatic N) is 2. The van der Waals surface area contributed by atoms with Gasteiger partial charge in [-0.25, -0.2) is 0 Å². The van der Waals surface area contributed by atoms with Gasteiger partial charge in [0.1, 0.15) is 11.3 Å². The van der Waals surface area contributed by atoms with Gasteiger partial charge in [0.15, 0.2) is 0 Å². The van der Waals surface area contributed by atoms with Gasteiger partial charge in [-0.3, -0.25) is 9.89 Å². The van der Waals surface area contributed by atoms with Crippen molar-refractivity contribution in [2.45, 2.75) is 25.0 Å². The zero-order valence-electron chi connectivity index (χ0n) is 16.0. The number of aromatic amines is 1. The van der Waals surface area contributed by atoms with Crippen molar-refractivity contribution in [1.82, 2.24) is 20.4 Å². The van der Waals surface area contributed by atoms with E-state index >= 15 is 0 Å². The first-order chi connectivity index (χ1) is 13.6. The van der Waals surface area contributed by atoms with E-state index in [-0.39, 0.29) is 36.1 Å². The van der Waals surface area contributed by atoms with Crippen molar-refractivity contribution in [1.29, 1.82) is 0 Å². The highest BCUT2D eigenvalue weighted by molar-refractivity contribution is 5.93. The molecule has 1 amide bonds. The van der Waals surface area contributed by atoms with Crippen LogP contribution in [0.15, 0.2) is 30.3 Å². The van der Waals surface area contributed by atoms with Gasteiger partial charge in [-0.2, -0.15) is 5.10 Å². The maximum Gasteiger partial charge on any atom is 0.271 e. The van der Waals surface area contributed by atoms with E-state index in [0.29, 0.717) is 18.8 Å². The first-order valence-corrected chi connectivity index (χ1v) is 10.1. The summed E-state index contributed by atoms with van der Waals surface area (Å²) >= 11 is 0. The Bertz CT molecular complexity index is 880. The molecule has 3 fully saturated rings. The molecule has 3 N–H and O–H groups in total. The number of aliphatic hydroxyl groups is 1. The van der Waals surface area contributed by atoms with Crippen molar-refractivity contribution in [3.05, 3.63) is 41.6 Å². The molecular formula is C21H26N4O3. The van der Waals surface area contributed by atoms with Crippen molar-refractivity contribution in [2.75, 3.05) is 32.8 Å². The first kappa shape index (κ1) is 17.8. The Kier molecular flexibility index (Phi) is 4.26. The van der Waals surface area contributed by atoms with Crippen molar-refractivity contribution < 1.29 is 14.6 Å². The number of aryl methyl sites for hydroxylation is 1. The largest absolute Gasteiger partial charge is 0.396 e. The van der Waals surface area contributed by atoms with Gasteiger partial charge in [0.05, 0.1) is 18.3 Å². The molecule has 0 unspecified atom stereocenters. The predicted molar refractivity (Wildman–Crippen MR) is 104 cm³/mol. The SMILES string of the molecule is CCc1ccc(-c2cc(C(=O)N3C[C@@H]4[C@H](CO)[C@H]5CNC[C@]4(C3)O5)[nH]n2)cc1. The maximum absolute atomic E-state index is 13.1. The number of carbonyl (C=O) groups excluding carboxylic acids is 1. The van der Waals surface area contributed by atoms with Crippen LogP contribution in [-0.2, 0) is 11.2 Å². The molecule has 2 bridgehead atoms. The number of hydrogen-bond acceptors (Lipinski definition) is 5. The van der Waals surface area contributed by atoms with E-state index in [1.807, 2.05) is 23.1 Å². The van der Waals surface area contributed by atoms with Crippen LogP contribution < -0.4 is 5.32 Å². The van der Waals surface area contributed by atoms with E-state index in [2.05, 4.69) is 34.6 Å². The van der Waals surface area contributed by atoms with Crippen molar-refractivity contribution in [2.24, 2.45) is 11.8 Å². The third kappa shape index (κ3) is 2.69. The zero-order valence-corrected chi connectivity index (χ0v) is 16.0. The number of fused-ring (bicyclic) bond motifs is 1. The summed E-state index contributed by atoms with van der Waals surface area (Å²) in [5.74, 6) is 0.197. The van der Waals surface area contributed by atoms with Gasteiger partial charge in [0.2, 0.25) is 0 Å². The molecule has 3 aliphatic rings. The summed E-state index contributed by atoms with van der Waals surface area (Å²) in [5, 5.41) is 20.5. The van der Waals surface area contributed by atoms with Crippen LogP contribution in [0.25, 0.3) is 11.3 Å². The van der Waals surface area contributed by atoms with Gasteiger partial charge in [-0.05, 0) is 18.1 Å². The Morgan fingerprint density at radius 3 is 2.96 bits per heavy atom. The summed E-state index contributed by atoms with van der Waals surface area (Å²) in [5.41, 5.74) is 3.16.